The van der Waals surface area contributed by atoms with Gasteiger partial charge in [-0.25, -0.2) is 4.98 Å². The SMILES string of the molecule is CC(NC(=O)C(O)C(O)c1nc2ccccc2s1)C12CC3CC(CC(C3)C1)C2. The lowest BCUT2D eigenvalue weighted by Crippen LogP contribution is -2.57. The van der Waals surface area contributed by atoms with Crippen LogP contribution in [0.15, 0.2) is 24.3 Å². The molecule has 6 rings (SSSR count). The molecule has 0 spiro atoms. The fraction of sp³-hybridized carbons (Fsp3) is 0.636. The quantitative estimate of drug-likeness (QED) is 0.718. The first kappa shape index (κ1) is 18.5. The first-order valence-corrected chi connectivity index (χ1v) is 11.3. The molecule has 3 atom stereocenters. The normalized spacial score (nSPS) is 34.3. The van der Waals surface area contributed by atoms with Crippen molar-refractivity contribution in [1.29, 1.82) is 0 Å². The van der Waals surface area contributed by atoms with E-state index in [4.69, 9.17) is 0 Å². The van der Waals surface area contributed by atoms with Crippen molar-refractivity contribution in [2.24, 2.45) is 23.2 Å². The van der Waals surface area contributed by atoms with E-state index in [0.29, 0.717) is 5.01 Å². The van der Waals surface area contributed by atoms with E-state index in [1.165, 1.54) is 49.9 Å². The van der Waals surface area contributed by atoms with Gasteiger partial charge in [-0.05, 0) is 80.8 Å². The second-order valence-corrected chi connectivity index (χ2v) is 10.5. The molecule has 1 aromatic heterocycles. The molecular weight excluding hydrogens is 372 g/mol. The molecule has 3 N–H and O–H groups in total. The lowest BCUT2D eigenvalue weighted by molar-refractivity contribution is -0.139. The third-order valence-electron chi connectivity index (χ3n) is 7.49. The Balaban J connectivity index is 1.28. The van der Waals surface area contributed by atoms with Gasteiger partial charge in [-0.3, -0.25) is 4.79 Å². The van der Waals surface area contributed by atoms with Crippen LogP contribution in [0.1, 0.15) is 56.6 Å². The van der Waals surface area contributed by atoms with Crippen LogP contribution in [0.25, 0.3) is 10.2 Å². The molecule has 4 bridgehead atoms. The number of hydrogen-bond acceptors (Lipinski definition) is 5. The Kier molecular flexibility index (Phi) is 4.49. The number of benzene rings is 1. The third-order valence-corrected chi connectivity index (χ3v) is 8.60. The second-order valence-electron chi connectivity index (χ2n) is 9.42. The Morgan fingerprint density at radius 3 is 2.36 bits per heavy atom. The zero-order valence-electron chi connectivity index (χ0n) is 16.2. The molecule has 1 amide bonds. The molecule has 2 aromatic rings. The number of hydrogen-bond donors (Lipinski definition) is 3. The largest absolute Gasteiger partial charge is 0.383 e. The summed E-state index contributed by atoms with van der Waals surface area (Å²) in [5, 5.41) is 24.5. The van der Waals surface area contributed by atoms with E-state index in [1.54, 1.807) is 0 Å². The molecule has 28 heavy (non-hydrogen) atoms. The van der Waals surface area contributed by atoms with Crippen LogP contribution in [-0.2, 0) is 4.79 Å². The van der Waals surface area contributed by atoms with E-state index >= 15 is 0 Å². The molecule has 150 valence electrons. The molecule has 1 aromatic carbocycles. The summed E-state index contributed by atoms with van der Waals surface area (Å²) in [6, 6.07) is 7.60. The summed E-state index contributed by atoms with van der Waals surface area (Å²) in [6.45, 7) is 2.09. The smallest absolute Gasteiger partial charge is 0.252 e. The number of aromatic nitrogens is 1. The van der Waals surface area contributed by atoms with Crippen LogP contribution < -0.4 is 5.32 Å². The summed E-state index contributed by atoms with van der Waals surface area (Å²) in [4.78, 5) is 17.1. The minimum atomic E-state index is -1.50. The predicted molar refractivity (Wildman–Crippen MR) is 109 cm³/mol. The maximum Gasteiger partial charge on any atom is 0.252 e. The number of fused-ring (bicyclic) bond motifs is 1. The van der Waals surface area contributed by atoms with Crippen LogP contribution in [0.3, 0.4) is 0 Å². The number of aliphatic hydroxyl groups excluding tert-OH is 2. The molecule has 4 fully saturated rings. The van der Waals surface area contributed by atoms with Crippen LogP contribution in [-0.4, -0.2) is 33.3 Å². The summed E-state index contributed by atoms with van der Waals surface area (Å²) >= 11 is 1.32. The average molecular weight is 401 g/mol. The molecule has 4 saturated carbocycles. The van der Waals surface area contributed by atoms with Gasteiger partial charge in [-0.15, -0.1) is 11.3 Å². The molecule has 4 aliphatic carbocycles. The van der Waals surface area contributed by atoms with Crippen molar-refractivity contribution in [2.45, 2.75) is 63.7 Å². The van der Waals surface area contributed by atoms with Gasteiger partial charge in [0.2, 0.25) is 0 Å². The Hall–Kier alpha value is -1.50. The fourth-order valence-electron chi connectivity index (χ4n) is 6.45. The number of nitrogens with one attached hydrogen (secondary N) is 1. The summed E-state index contributed by atoms with van der Waals surface area (Å²) < 4.78 is 0.936. The maximum absolute atomic E-state index is 12.7. The Morgan fingerprint density at radius 1 is 1.14 bits per heavy atom. The van der Waals surface area contributed by atoms with Gasteiger partial charge >= 0.3 is 0 Å². The van der Waals surface area contributed by atoms with Gasteiger partial charge in [0.15, 0.2) is 6.10 Å². The fourth-order valence-corrected chi connectivity index (χ4v) is 7.44. The topological polar surface area (TPSA) is 82.5 Å². The number of amides is 1. The van der Waals surface area contributed by atoms with Crippen LogP contribution in [0.4, 0.5) is 0 Å². The first-order chi connectivity index (χ1) is 13.4. The van der Waals surface area contributed by atoms with Gasteiger partial charge in [0.1, 0.15) is 11.1 Å². The van der Waals surface area contributed by atoms with Gasteiger partial charge < -0.3 is 15.5 Å². The lowest BCUT2D eigenvalue weighted by atomic mass is 9.48. The predicted octanol–water partition coefficient (Wildman–Crippen LogP) is 3.41. The number of rotatable bonds is 5. The van der Waals surface area contributed by atoms with Gasteiger partial charge in [0.05, 0.1) is 10.2 Å². The summed E-state index contributed by atoms with van der Waals surface area (Å²) in [7, 11) is 0. The van der Waals surface area contributed by atoms with E-state index < -0.39 is 18.1 Å². The molecule has 0 radical (unpaired) electrons. The van der Waals surface area contributed by atoms with Crippen LogP contribution in [0.2, 0.25) is 0 Å². The highest BCUT2D eigenvalue weighted by molar-refractivity contribution is 7.18. The number of carbonyl (C=O) groups excluding carboxylic acids is 1. The minimum absolute atomic E-state index is 0.0191. The van der Waals surface area contributed by atoms with E-state index in [0.717, 1.165) is 28.0 Å². The van der Waals surface area contributed by atoms with Crippen molar-refractivity contribution in [1.82, 2.24) is 10.3 Å². The molecule has 1 heterocycles. The van der Waals surface area contributed by atoms with Crippen molar-refractivity contribution in [3.63, 3.8) is 0 Å². The first-order valence-electron chi connectivity index (χ1n) is 10.5. The molecule has 3 unspecified atom stereocenters. The zero-order valence-corrected chi connectivity index (χ0v) is 17.0. The van der Waals surface area contributed by atoms with Crippen molar-refractivity contribution in [3.8, 4) is 0 Å². The highest BCUT2D eigenvalue weighted by atomic mass is 32.1. The summed E-state index contributed by atoms with van der Waals surface area (Å²) in [5.41, 5.74) is 0.946. The van der Waals surface area contributed by atoms with Crippen molar-refractivity contribution < 1.29 is 15.0 Å². The molecule has 6 heteroatoms. The number of para-hydroxylation sites is 1. The van der Waals surface area contributed by atoms with E-state index in [9.17, 15) is 15.0 Å². The standard InChI is InChI=1S/C22H28N2O3S/c1-12(22-9-13-6-14(10-22)8-15(7-13)11-22)23-20(27)18(25)19(26)21-24-16-4-2-3-5-17(16)28-21/h2-5,12-15,18-19,25-26H,6-11H2,1H3,(H,23,27). The van der Waals surface area contributed by atoms with Crippen LogP contribution in [0, 0.1) is 23.2 Å². The Morgan fingerprint density at radius 2 is 1.75 bits per heavy atom. The zero-order chi connectivity index (χ0) is 19.5. The Labute approximate surface area is 169 Å². The summed E-state index contributed by atoms with van der Waals surface area (Å²) in [6.07, 6.45) is 4.85. The molecular formula is C22H28N2O3S. The van der Waals surface area contributed by atoms with E-state index in [-0.39, 0.29) is 11.5 Å². The monoisotopic (exact) mass is 400 g/mol. The van der Waals surface area contributed by atoms with E-state index in [2.05, 4.69) is 17.2 Å². The number of carbonyl (C=O) groups is 1. The average Bonchev–Trinajstić information content (AvgIpc) is 3.10. The van der Waals surface area contributed by atoms with Crippen molar-refractivity contribution in [2.75, 3.05) is 0 Å². The maximum atomic E-state index is 12.7. The number of aliphatic hydroxyl groups is 2. The Bertz CT molecular complexity index is 827. The second kappa shape index (κ2) is 6.78. The summed E-state index contributed by atoms with van der Waals surface area (Å²) in [5.74, 6) is 1.94. The highest BCUT2D eigenvalue weighted by Crippen LogP contribution is 2.61. The van der Waals surface area contributed by atoms with Crippen LogP contribution in [0.5, 0.6) is 0 Å². The molecule has 5 nitrogen and oxygen atoms in total. The van der Waals surface area contributed by atoms with Crippen LogP contribution >= 0.6 is 11.3 Å². The van der Waals surface area contributed by atoms with E-state index in [1.807, 2.05) is 24.3 Å². The number of thiazole rings is 1. The molecule has 4 aliphatic rings. The highest BCUT2D eigenvalue weighted by Gasteiger charge is 2.53. The van der Waals surface area contributed by atoms with Crippen molar-refractivity contribution >= 4 is 27.5 Å². The van der Waals surface area contributed by atoms with Gasteiger partial charge in [-0.1, -0.05) is 12.1 Å². The lowest BCUT2D eigenvalue weighted by Gasteiger charge is -2.59. The molecule has 0 aliphatic heterocycles. The third kappa shape index (κ3) is 3.06. The van der Waals surface area contributed by atoms with Gasteiger partial charge in [0.25, 0.3) is 5.91 Å². The minimum Gasteiger partial charge on any atom is -0.383 e. The molecule has 0 saturated heterocycles. The van der Waals surface area contributed by atoms with Gasteiger partial charge in [-0.2, -0.15) is 0 Å². The number of nitrogens with zero attached hydrogens (tertiary/aromatic N) is 1. The van der Waals surface area contributed by atoms with Crippen molar-refractivity contribution in [3.05, 3.63) is 29.3 Å². The van der Waals surface area contributed by atoms with Gasteiger partial charge in [0, 0.05) is 6.04 Å².